The lowest BCUT2D eigenvalue weighted by Crippen LogP contribution is -2.49. The maximum atomic E-state index is 7.10. The van der Waals surface area contributed by atoms with Crippen molar-refractivity contribution in [2.24, 2.45) is 35.0 Å². The first-order valence-corrected chi connectivity index (χ1v) is 24.3. The molecular formula is C40H74O2Si2. The first-order valence-electron chi connectivity index (χ1n) is 18.4. The van der Waals surface area contributed by atoms with Crippen LogP contribution in [-0.2, 0) is 8.85 Å². The van der Waals surface area contributed by atoms with Crippen LogP contribution in [0.4, 0.5) is 0 Å². The van der Waals surface area contributed by atoms with E-state index in [2.05, 4.69) is 115 Å². The van der Waals surface area contributed by atoms with E-state index in [4.69, 9.17) is 15.4 Å². The van der Waals surface area contributed by atoms with Gasteiger partial charge in [0.05, 0.1) is 12.2 Å². The molecule has 3 saturated carbocycles. The molecule has 0 aliphatic heterocycles. The minimum absolute atomic E-state index is 0.0469. The molecule has 0 aromatic carbocycles. The fourth-order valence-electron chi connectivity index (χ4n) is 8.04. The predicted octanol–water partition coefficient (Wildman–Crippen LogP) is 12.9. The second-order valence-corrected chi connectivity index (χ2v) is 28.6. The summed E-state index contributed by atoms with van der Waals surface area (Å²) in [5.41, 5.74) is 4.74. The molecule has 3 aliphatic carbocycles. The maximum Gasteiger partial charge on any atom is 0.192 e. The molecule has 0 saturated heterocycles. The maximum absolute atomic E-state index is 7.10. The Morgan fingerprint density at radius 2 is 1.48 bits per heavy atom. The van der Waals surface area contributed by atoms with E-state index < -0.39 is 16.6 Å². The second kappa shape index (κ2) is 14.0. The van der Waals surface area contributed by atoms with Gasteiger partial charge in [-0.3, -0.25) is 0 Å². The highest BCUT2D eigenvalue weighted by Crippen LogP contribution is 2.60. The van der Waals surface area contributed by atoms with Crippen molar-refractivity contribution in [2.75, 3.05) is 0 Å². The molecule has 0 aromatic heterocycles. The fourth-order valence-corrected chi connectivity index (χ4v) is 10.7. The van der Waals surface area contributed by atoms with Gasteiger partial charge in [0.25, 0.3) is 0 Å². The summed E-state index contributed by atoms with van der Waals surface area (Å²) < 4.78 is 14.2. The lowest BCUT2D eigenvalue weighted by atomic mass is 9.60. The van der Waals surface area contributed by atoms with E-state index in [1.165, 1.54) is 56.1 Å². The van der Waals surface area contributed by atoms with Gasteiger partial charge in [0, 0.05) is 6.42 Å². The molecule has 3 aliphatic rings. The smallest absolute Gasteiger partial charge is 0.192 e. The summed E-state index contributed by atoms with van der Waals surface area (Å²) in [4.78, 5) is 0. The van der Waals surface area contributed by atoms with Crippen LogP contribution in [-0.4, -0.2) is 28.8 Å². The van der Waals surface area contributed by atoms with Gasteiger partial charge in [0.2, 0.25) is 0 Å². The van der Waals surface area contributed by atoms with Crippen LogP contribution in [0.15, 0.2) is 35.5 Å². The van der Waals surface area contributed by atoms with E-state index in [1.54, 1.807) is 5.57 Å². The summed E-state index contributed by atoms with van der Waals surface area (Å²) in [6.45, 7) is 40.8. The molecule has 2 nitrogen and oxygen atoms in total. The number of hydrogen-bond donors (Lipinski definition) is 0. The van der Waals surface area contributed by atoms with Crippen molar-refractivity contribution >= 4 is 16.6 Å². The summed E-state index contributed by atoms with van der Waals surface area (Å²) in [6.07, 6.45) is 16.7. The van der Waals surface area contributed by atoms with Crippen molar-refractivity contribution in [1.82, 2.24) is 0 Å². The first kappa shape index (κ1) is 38.0. The molecule has 0 aromatic rings. The lowest BCUT2D eigenvalue weighted by molar-refractivity contribution is 0.0906. The third-order valence-corrected chi connectivity index (χ3v) is 22.7. The molecule has 0 spiro atoms. The van der Waals surface area contributed by atoms with Crippen LogP contribution < -0.4 is 0 Å². The summed E-state index contributed by atoms with van der Waals surface area (Å²) in [7, 11) is -3.87. The number of rotatable bonds is 10. The summed E-state index contributed by atoms with van der Waals surface area (Å²) in [5, 5.41) is 0.362. The minimum Gasteiger partial charge on any atom is -0.413 e. The van der Waals surface area contributed by atoms with E-state index in [1.807, 2.05) is 0 Å². The topological polar surface area (TPSA) is 18.5 Å². The van der Waals surface area contributed by atoms with Crippen molar-refractivity contribution in [3.8, 4) is 0 Å². The van der Waals surface area contributed by atoms with Crippen molar-refractivity contribution in [3.05, 3.63) is 35.5 Å². The predicted molar refractivity (Wildman–Crippen MR) is 199 cm³/mol. The molecule has 0 radical (unpaired) electrons. The molecule has 0 N–H and O–H groups in total. The van der Waals surface area contributed by atoms with Crippen molar-refractivity contribution in [2.45, 2.75) is 182 Å². The highest BCUT2D eigenvalue weighted by Gasteiger charge is 2.51. The van der Waals surface area contributed by atoms with Crippen molar-refractivity contribution < 1.29 is 8.85 Å². The molecule has 4 heteroatoms. The highest BCUT2D eigenvalue weighted by atomic mass is 28.4. The molecule has 3 rings (SSSR count). The van der Waals surface area contributed by atoms with E-state index >= 15 is 0 Å². The van der Waals surface area contributed by atoms with Gasteiger partial charge in [0.1, 0.15) is 0 Å². The average molecular weight is 643 g/mol. The van der Waals surface area contributed by atoms with Gasteiger partial charge in [-0.15, -0.1) is 0 Å². The third kappa shape index (κ3) is 8.53. The quantitative estimate of drug-likeness (QED) is 0.221. The normalized spacial score (nSPS) is 32.4. The van der Waals surface area contributed by atoms with Gasteiger partial charge in [-0.2, -0.15) is 0 Å². The Kier molecular flexibility index (Phi) is 12.1. The number of hydrogen-bond acceptors (Lipinski definition) is 2. The van der Waals surface area contributed by atoms with Crippen molar-refractivity contribution in [1.29, 1.82) is 0 Å². The van der Waals surface area contributed by atoms with Crippen LogP contribution >= 0.6 is 0 Å². The standard InChI is InChI=1S/C40H74O2Si2/c1-28(2)29(3)19-20-30(4)35-23-24-36-32(18-17-25-40(35,36)12)21-22-33-26-34(41-43(13,14)38(6,7)8)27-37(31(33)5)42-44(15,16)39(9,10)11/h21-22,28-30,34-37H,5,17-20,23-27H2,1-4,6-16H3/t29-,30+,34+,35+,36-,37-,40+/m0/s1. The molecular weight excluding hydrogens is 569 g/mol. The zero-order valence-electron chi connectivity index (χ0n) is 32.1. The molecule has 7 atom stereocenters. The van der Waals surface area contributed by atoms with Crippen LogP contribution in [0.1, 0.15) is 134 Å². The van der Waals surface area contributed by atoms with Crippen LogP contribution in [0.5, 0.6) is 0 Å². The fraction of sp³-hybridized carbons (Fsp3) is 0.850. The molecule has 0 heterocycles. The Labute approximate surface area is 277 Å². The van der Waals surface area contributed by atoms with Gasteiger partial charge >= 0.3 is 0 Å². The van der Waals surface area contributed by atoms with Gasteiger partial charge in [-0.05, 0) is 121 Å². The Morgan fingerprint density at radius 3 is 2.05 bits per heavy atom. The Morgan fingerprint density at radius 1 is 0.886 bits per heavy atom. The summed E-state index contributed by atoms with van der Waals surface area (Å²) >= 11 is 0. The monoisotopic (exact) mass is 643 g/mol. The third-order valence-electron chi connectivity index (χ3n) is 13.7. The van der Waals surface area contributed by atoms with E-state index in [0.717, 1.165) is 42.4 Å². The molecule has 0 bridgehead atoms. The Bertz CT molecular complexity index is 1050. The van der Waals surface area contributed by atoms with Crippen LogP contribution in [0.2, 0.25) is 36.3 Å². The minimum atomic E-state index is -1.96. The number of allylic oxidation sites excluding steroid dienone is 3. The summed E-state index contributed by atoms with van der Waals surface area (Å²) in [5.74, 6) is 4.03. The molecule has 44 heavy (non-hydrogen) atoms. The van der Waals surface area contributed by atoms with Gasteiger partial charge in [-0.25, -0.2) is 0 Å². The average Bonchev–Trinajstić information content (AvgIpc) is 3.23. The second-order valence-electron chi connectivity index (χ2n) is 19.1. The zero-order chi connectivity index (χ0) is 33.5. The van der Waals surface area contributed by atoms with Crippen LogP contribution in [0.25, 0.3) is 0 Å². The van der Waals surface area contributed by atoms with E-state index in [-0.39, 0.29) is 22.3 Å². The van der Waals surface area contributed by atoms with Crippen molar-refractivity contribution in [3.63, 3.8) is 0 Å². The van der Waals surface area contributed by atoms with E-state index in [0.29, 0.717) is 5.41 Å². The highest BCUT2D eigenvalue weighted by molar-refractivity contribution is 6.74. The van der Waals surface area contributed by atoms with Gasteiger partial charge < -0.3 is 8.85 Å². The van der Waals surface area contributed by atoms with Crippen LogP contribution in [0.3, 0.4) is 0 Å². The number of fused-ring (bicyclic) bond motifs is 1. The SMILES string of the molecule is C=C1C(=CC=C2CCC[C@]3(C)[C@@H]([C@H](C)CC[C@H](C)C(C)C)CC[C@@H]23)C[C@@H](O[Si](C)(C)C(C)(C)C)C[C@@H]1O[Si](C)(C)C(C)(C)C. The lowest BCUT2D eigenvalue weighted by Gasteiger charge is -2.46. The van der Waals surface area contributed by atoms with Gasteiger partial charge in [0.15, 0.2) is 16.6 Å². The molecule has 254 valence electrons. The van der Waals surface area contributed by atoms with Crippen LogP contribution in [0, 0.1) is 35.0 Å². The van der Waals surface area contributed by atoms with E-state index in [9.17, 15) is 0 Å². The summed E-state index contributed by atoms with van der Waals surface area (Å²) in [6, 6.07) is 0. The van der Waals surface area contributed by atoms with Gasteiger partial charge in [-0.1, -0.05) is 113 Å². The largest absolute Gasteiger partial charge is 0.413 e. The molecule has 0 unspecified atom stereocenters. The zero-order valence-corrected chi connectivity index (χ0v) is 34.1. The molecule has 3 fully saturated rings. The first-order chi connectivity index (χ1) is 20.0. The molecule has 0 amide bonds. The Hall–Kier alpha value is -0.426. The Balaban J connectivity index is 1.87.